The number of anilines is 1. The van der Waals surface area contributed by atoms with Gasteiger partial charge in [-0.25, -0.2) is 8.42 Å². The topological polar surface area (TPSA) is 72.2 Å². The molecule has 0 saturated carbocycles. The molecule has 1 rings (SSSR count). The number of sulfone groups is 1. The quantitative estimate of drug-likeness (QED) is 0.631. The van der Waals surface area contributed by atoms with E-state index in [9.17, 15) is 8.42 Å². The van der Waals surface area contributed by atoms with Crippen LogP contribution in [0.15, 0.2) is 29.2 Å². The van der Waals surface area contributed by atoms with Crippen LogP contribution in [0.3, 0.4) is 0 Å². The molecular weight excluding hydrogens is 236 g/mol. The second-order valence-electron chi connectivity index (χ2n) is 3.27. The molecule has 0 saturated heterocycles. The van der Waals surface area contributed by atoms with Gasteiger partial charge in [0.15, 0.2) is 9.84 Å². The van der Waals surface area contributed by atoms with Crippen molar-refractivity contribution in [2.24, 2.45) is 5.84 Å². The highest BCUT2D eigenvalue weighted by molar-refractivity contribution is 7.92. The number of hydrogen-bond acceptors (Lipinski definition) is 4. The minimum Gasteiger partial charge on any atom is -0.324 e. The standard InChI is InChI=1S/C9H14N2O2S.ClH/c1-7(2)14(12,13)9-5-3-4-8(6-9)11-10;/h3-7,11H,10H2,1-2H3;1H. The Morgan fingerprint density at radius 1 is 1.33 bits per heavy atom. The van der Waals surface area contributed by atoms with Gasteiger partial charge in [0.25, 0.3) is 0 Å². The summed E-state index contributed by atoms with van der Waals surface area (Å²) in [6.45, 7) is 3.30. The van der Waals surface area contributed by atoms with E-state index in [0.29, 0.717) is 10.6 Å². The van der Waals surface area contributed by atoms with Crippen LogP contribution >= 0.6 is 12.4 Å². The Morgan fingerprint density at radius 3 is 2.40 bits per heavy atom. The second kappa shape index (κ2) is 5.34. The molecule has 1 aromatic rings. The first kappa shape index (κ1) is 14.2. The maximum atomic E-state index is 11.7. The summed E-state index contributed by atoms with van der Waals surface area (Å²) in [7, 11) is -3.21. The Bertz CT molecular complexity index is 418. The molecule has 0 bridgehead atoms. The van der Waals surface area contributed by atoms with Gasteiger partial charge in [-0.3, -0.25) is 5.84 Å². The number of hydrazine groups is 1. The van der Waals surface area contributed by atoms with Crippen LogP contribution in [0.2, 0.25) is 0 Å². The lowest BCUT2D eigenvalue weighted by atomic mass is 10.3. The molecule has 4 nitrogen and oxygen atoms in total. The first-order chi connectivity index (χ1) is 6.48. The summed E-state index contributed by atoms with van der Waals surface area (Å²) < 4.78 is 23.5. The van der Waals surface area contributed by atoms with Crippen molar-refractivity contribution in [1.29, 1.82) is 0 Å². The first-order valence-electron chi connectivity index (χ1n) is 4.29. The molecule has 0 atom stereocenters. The smallest absolute Gasteiger partial charge is 0.180 e. The summed E-state index contributed by atoms with van der Waals surface area (Å²) in [5.41, 5.74) is 3.00. The number of rotatable bonds is 3. The number of nitrogen functional groups attached to an aromatic ring is 1. The molecule has 86 valence electrons. The van der Waals surface area contributed by atoms with Crippen molar-refractivity contribution in [1.82, 2.24) is 0 Å². The van der Waals surface area contributed by atoms with Crippen molar-refractivity contribution in [3.05, 3.63) is 24.3 Å². The number of benzene rings is 1. The molecule has 0 aromatic heterocycles. The molecule has 0 fully saturated rings. The van der Waals surface area contributed by atoms with Gasteiger partial charge < -0.3 is 5.43 Å². The maximum Gasteiger partial charge on any atom is 0.180 e. The third-order valence-electron chi connectivity index (χ3n) is 1.95. The molecular formula is C9H15ClN2O2S. The number of nitrogens with two attached hydrogens (primary N) is 1. The van der Waals surface area contributed by atoms with Crippen molar-refractivity contribution in [3.8, 4) is 0 Å². The highest BCUT2D eigenvalue weighted by atomic mass is 35.5. The van der Waals surface area contributed by atoms with Crippen molar-refractivity contribution in [3.63, 3.8) is 0 Å². The Balaban J connectivity index is 0.00000196. The number of nitrogens with one attached hydrogen (secondary N) is 1. The van der Waals surface area contributed by atoms with E-state index in [4.69, 9.17) is 5.84 Å². The zero-order valence-electron chi connectivity index (χ0n) is 8.60. The molecule has 0 aliphatic carbocycles. The van der Waals surface area contributed by atoms with Crippen molar-refractivity contribution in [2.45, 2.75) is 24.0 Å². The van der Waals surface area contributed by atoms with Gasteiger partial charge in [-0.15, -0.1) is 12.4 Å². The predicted octanol–water partition coefficient (Wildman–Crippen LogP) is 1.58. The van der Waals surface area contributed by atoms with Crippen LogP contribution < -0.4 is 11.3 Å². The zero-order chi connectivity index (χ0) is 10.8. The highest BCUT2D eigenvalue weighted by Crippen LogP contribution is 2.18. The zero-order valence-corrected chi connectivity index (χ0v) is 10.2. The third-order valence-corrected chi connectivity index (χ3v) is 4.10. The van der Waals surface area contributed by atoms with Crippen LogP contribution in [0.4, 0.5) is 5.69 Å². The van der Waals surface area contributed by atoms with Gasteiger partial charge in [0, 0.05) is 5.69 Å². The van der Waals surface area contributed by atoms with Crippen molar-refractivity contribution < 1.29 is 8.42 Å². The van der Waals surface area contributed by atoms with Crippen molar-refractivity contribution >= 4 is 27.9 Å². The summed E-state index contributed by atoms with van der Waals surface area (Å²) in [5, 5.41) is -0.421. The Kier molecular flexibility index (Phi) is 5.07. The van der Waals surface area contributed by atoms with Gasteiger partial charge in [0.2, 0.25) is 0 Å². The first-order valence-corrected chi connectivity index (χ1v) is 5.83. The Hall–Kier alpha value is -0.780. The molecule has 3 N–H and O–H groups in total. The molecule has 0 aliphatic heterocycles. The lowest BCUT2D eigenvalue weighted by Gasteiger charge is -2.08. The predicted molar refractivity (Wildman–Crippen MR) is 63.8 cm³/mol. The van der Waals surface area contributed by atoms with E-state index in [1.54, 1.807) is 32.0 Å². The van der Waals surface area contributed by atoms with E-state index in [1.165, 1.54) is 6.07 Å². The van der Waals surface area contributed by atoms with Crippen LogP contribution in [-0.4, -0.2) is 13.7 Å². The van der Waals surface area contributed by atoms with Gasteiger partial charge in [-0.1, -0.05) is 6.07 Å². The third kappa shape index (κ3) is 3.09. The molecule has 15 heavy (non-hydrogen) atoms. The number of hydrogen-bond donors (Lipinski definition) is 2. The van der Waals surface area contributed by atoms with Crippen LogP contribution in [0.1, 0.15) is 13.8 Å². The summed E-state index contributed by atoms with van der Waals surface area (Å²) in [6, 6.07) is 6.45. The Labute approximate surface area is 96.2 Å². The number of halogens is 1. The van der Waals surface area contributed by atoms with Crippen LogP contribution in [0, 0.1) is 0 Å². The average Bonchev–Trinajstić information content (AvgIpc) is 2.17. The second-order valence-corrected chi connectivity index (χ2v) is 5.77. The molecule has 0 amide bonds. The SMILES string of the molecule is CC(C)S(=O)(=O)c1cccc(NN)c1.Cl. The minimum absolute atomic E-state index is 0. The monoisotopic (exact) mass is 250 g/mol. The lowest BCUT2D eigenvalue weighted by Crippen LogP contribution is -2.14. The highest BCUT2D eigenvalue weighted by Gasteiger charge is 2.18. The van der Waals surface area contributed by atoms with E-state index < -0.39 is 15.1 Å². The molecule has 0 spiro atoms. The average molecular weight is 251 g/mol. The van der Waals surface area contributed by atoms with E-state index in [-0.39, 0.29) is 12.4 Å². The van der Waals surface area contributed by atoms with Gasteiger partial charge in [0.05, 0.1) is 10.1 Å². The summed E-state index contributed by atoms with van der Waals surface area (Å²) >= 11 is 0. The molecule has 0 aliphatic rings. The van der Waals surface area contributed by atoms with E-state index in [2.05, 4.69) is 5.43 Å². The molecule has 0 heterocycles. The molecule has 0 unspecified atom stereocenters. The fourth-order valence-corrected chi connectivity index (χ4v) is 2.14. The summed E-state index contributed by atoms with van der Waals surface area (Å²) in [4.78, 5) is 0.294. The summed E-state index contributed by atoms with van der Waals surface area (Å²) in [6.07, 6.45) is 0. The van der Waals surface area contributed by atoms with Crippen LogP contribution in [0.5, 0.6) is 0 Å². The normalized spacial score (nSPS) is 10.9. The van der Waals surface area contributed by atoms with Gasteiger partial charge in [-0.2, -0.15) is 0 Å². The largest absolute Gasteiger partial charge is 0.324 e. The van der Waals surface area contributed by atoms with Crippen LogP contribution in [-0.2, 0) is 9.84 Å². The fourth-order valence-electron chi connectivity index (χ4n) is 1.04. The minimum atomic E-state index is -3.21. The molecule has 1 aromatic carbocycles. The van der Waals surface area contributed by atoms with E-state index in [0.717, 1.165) is 0 Å². The summed E-state index contributed by atoms with van der Waals surface area (Å²) in [5.74, 6) is 5.19. The Morgan fingerprint density at radius 2 is 1.93 bits per heavy atom. The maximum absolute atomic E-state index is 11.7. The lowest BCUT2D eigenvalue weighted by molar-refractivity contribution is 0.587. The molecule has 6 heteroatoms. The van der Waals surface area contributed by atoms with Crippen LogP contribution in [0.25, 0.3) is 0 Å². The fraction of sp³-hybridized carbons (Fsp3) is 0.333. The van der Waals surface area contributed by atoms with Gasteiger partial charge in [0.1, 0.15) is 0 Å². The van der Waals surface area contributed by atoms with Gasteiger partial charge in [-0.05, 0) is 32.0 Å². The van der Waals surface area contributed by atoms with Crippen molar-refractivity contribution in [2.75, 3.05) is 5.43 Å². The van der Waals surface area contributed by atoms with Gasteiger partial charge >= 0.3 is 0 Å². The van der Waals surface area contributed by atoms with E-state index >= 15 is 0 Å². The molecule has 0 radical (unpaired) electrons. The van der Waals surface area contributed by atoms with E-state index in [1.807, 2.05) is 0 Å².